The van der Waals surface area contributed by atoms with Gasteiger partial charge in [0.2, 0.25) is 0 Å². The lowest BCUT2D eigenvalue weighted by molar-refractivity contribution is 0.410. The second-order valence-electron chi connectivity index (χ2n) is 3.02. The maximum absolute atomic E-state index is 5.94. The first-order valence-electron chi connectivity index (χ1n) is 4.72. The summed E-state index contributed by atoms with van der Waals surface area (Å²) in [6.45, 7) is 2.09. The molecule has 2 heterocycles. The topological polar surface area (TPSA) is 66.5 Å². The van der Waals surface area contributed by atoms with E-state index >= 15 is 0 Å². The first-order chi connectivity index (χ1) is 7.33. The van der Waals surface area contributed by atoms with E-state index in [1.807, 2.05) is 12.1 Å². The van der Waals surface area contributed by atoms with Crippen molar-refractivity contribution in [2.24, 2.45) is 10.9 Å². The SMILES string of the molecule is CCSC1NN=C(c2ccncc2)N1N. The summed E-state index contributed by atoms with van der Waals surface area (Å²) in [5, 5.41) is 5.85. The van der Waals surface area contributed by atoms with Crippen LogP contribution in [0.2, 0.25) is 0 Å². The molecule has 0 amide bonds. The number of nitrogens with zero attached hydrogens (tertiary/aromatic N) is 3. The summed E-state index contributed by atoms with van der Waals surface area (Å²) >= 11 is 1.71. The van der Waals surface area contributed by atoms with E-state index in [2.05, 4.69) is 22.4 Å². The summed E-state index contributed by atoms with van der Waals surface area (Å²) < 4.78 is 0. The molecule has 1 aromatic heterocycles. The van der Waals surface area contributed by atoms with Crippen LogP contribution >= 0.6 is 11.8 Å². The molecule has 3 N–H and O–H groups in total. The molecule has 15 heavy (non-hydrogen) atoms. The Morgan fingerprint density at radius 3 is 2.93 bits per heavy atom. The number of rotatable bonds is 3. The number of aromatic nitrogens is 1. The van der Waals surface area contributed by atoms with Gasteiger partial charge in [0.1, 0.15) is 0 Å². The minimum Gasteiger partial charge on any atom is -0.275 e. The third kappa shape index (κ3) is 2.05. The third-order valence-electron chi connectivity index (χ3n) is 2.04. The van der Waals surface area contributed by atoms with Crippen LogP contribution in [0.5, 0.6) is 0 Å². The largest absolute Gasteiger partial charge is 0.275 e. The van der Waals surface area contributed by atoms with Gasteiger partial charge in [-0.3, -0.25) is 15.4 Å². The minimum atomic E-state index is 0.0261. The molecule has 0 saturated carbocycles. The van der Waals surface area contributed by atoms with Gasteiger partial charge in [-0.15, -0.1) is 11.8 Å². The van der Waals surface area contributed by atoms with Crippen LogP contribution in [-0.2, 0) is 0 Å². The van der Waals surface area contributed by atoms with Crippen LogP contribution in [0, 0.1) is 0 Å². The van der Waals surface area contributed by atoms with Crippen molar-refractivity contribution >= 4 is 17.6 Å². The van der Waals surface area contributed by atoms with E-state index in [1.54, 1.807) is 29.2 Å². The maximum atomic E-state index is 5.94. The van der Waals surface area contributed by atoms with Gasteiger partial charge in [-0.2, -0.15) is 5.10 Å². The zero-order valence-corrected chi connectivity index (χ0v) is 9.24. The summed E-state index contributed by atoms with van der Waals surface area (Å²) in [6.07, 6.45) is 3.46. The van der Waals surface area contributed by atoms with Gasteiger partial charge in [-0.25, -0.2) is 5.84 Å². The molecule has 1 aromatic rings. The highest BCUT2D eigenvalue weighted by Crippen LogP contribution is 2.17. The molecule has 0 fully saturated rings. The molecule has 1 atom stereocenters. The summed E-state index contributed by atoms with van der Waals surface area (Å²) in [5.41, 5.74) is 3.98. The second-order valence-corrected chi connectivity index (χ2v) is 4.37. The molecule has 0 bridgehead atoms. The zero-order chi connectivity index (χ0) is 10.7. The van der Waals surface area contributed by atoms with Crippen LogP contribution < -0.4 is 11.3 Å². The highest BCUT2D eigenvalue weighted by atomic mass is 32.2. The average Bonchev–Trinajstić information content (AvgIpc) is 2.63. The number of amidine groups is 1. The molecule has 6 heteroatoms. The van der Waals surface area contributed by atoms with Crippen LogP contribution in [0.4, 0.5) is 0 Å². The summed E-state index contributed by atoms with van der Waals surface area (Å²) in [4.78, 5) is 3.96. The lowest BCUT2D eigenvalue weighted by atomic mass is 10.2. The van der Waals surface area contributed by atoms with Gasteiger partial charge in [0.05, 0.1) is 0 Å². The maximum Gasteiger partial charge on any atom is 0.178 e. The van der Waals surface area contributed by atoms with Crippen LogP contribution in [0.3, 0.4) is 0 Å². The number of hydrazine groups is 1. The molecule has 0 aliphatic carbocycles. The Hall–Kier alpha value is -1.27. The second kappa shape index (κ2) is 4.50. The van der Waals surface area contributed by atoms with E-state index < -0.39 is 0 Å². The fourth-order valence-electron chi connectivity index (χ4n) is 1.34. The molecule has 0 aromatic carbocycles. The molecular weight excluding hydrogens is 210 g/mol. The van der Waals surface area contributed by atoms with Gasteiger partial charge >= 0.3 is 0 Å². The van der Waals surface area contributed by atoms with Crippen molar-refractivity contribution < 1.29 is 0 Å². The van der Waals surface area contributed by atoms with Crippen molar-refractivity contribution in [2.75, 3.05) is 5.75 Å². The van der Waals surface area contributed by atoms with Crippen molar-refractivity contribution in [1.29, 1.82) is 0 Å². The highest BCUT2D eigenvalue weighted by Gasteiger charge is 2.25. The Labute approximate surface area is 92.7 Å². The first-order valence-corrected chi connectivity index (χ1v) is 5.77. The lowest BCUT2D eigenvalue weighted by Gasteiger charge is -2.20. The highest BCUT2D eigenvalue weighted by molar-refractivity contribution is 7.99. The van der Waals surface area contributed by atoms with Crippen LogP contribution in [0.25, 0.3) is 0 Å². The Morgan fingerprint density at radius 2 is 2.27 bits per heavy atom. The molecule has 2 rings (SSSR count). The van der Waals surface area contributed by atoms with E-state index in [4.69, 9.17) is 5.84 Å². The van der Waals surface area contributed by atoms with Crippen LogP contribution in [0.1, 0.15) is 12.5 Å². The van der Waals surface area contributed by atoms with Crippen LogP contribution in [0.15, 0.2) is 29.6 Å². The van der Waals surface area contributed by atoms with E-state index in [9.17, 15) is 0 Å². The van der Waals surface area contributed by atoms with Gasteiger partial charge in [0, 0.05) is 18.0 Å². The molecular formula is C9H13N5S. The van der Waals surface area contributed by atoms with E-state index in [-0.39, 0.29) is 5.50 Å². The lowest BCUT2D eigenvalue weighted by Crippen LogP contribution is -2.43. The number of pyridine rings is 1. The Kier molecular flexibility index (Phi) is 3.08. The molecule has 1 unspecified atom stereocenters. The molecule has 0 radical (unpaired) electrons. The normalized spacial score (nSPS) is 20.0. The predicted octanol–water partition coefficient (Wildman–Crippen LogP) is 0.559. The van der Waals surface area contributed by atoms with Crippen LogP contribution in [-0.4, -0.2) is 27.1 Å². The van der Waals surface area contributed by atoms with Crippen molar-refractivity contribution in [2.45, 2.75) is 12.4 Å². The summed E-state index contributed by atoms with van der Waals surface area (Å²) in [6, 6.07) is 3.78. The third-order valence-corrected chi connectivity index (χ3v) is 3.02. The Bertz CT molecular complexity index is 353. The number of hydrazone groups is 1. The number of hydrogen-bond donors (Lipinski definition) is 2. The van der Waals surface area contributed by atoms with Gasteiger partial charge in [0.15, 0.2) is 11.3 Å². The quantitative estimate of drug-likeness (QED) is 0.733. The zero-order valence-electron chi connectivity index (χ0n) is 8.42. The van der Waals surface area contributed by atoms with Gasteiger partial charge in [-0.05, 0) is 17.9 Å². The molecule has 0 saturated heterocycles. The average molecular weight is 223 g/mol. The predicted molar refractivity (Wildman–Crippen MR) is 61.9 cm³/mol. The number of thioether (sulfide) groups is 1. The number of nitrogens with two attached hydrogens (primary N) is 1. The number of hydrogen-bond acceptors (Lipinski definition) is 6. The molecule has 5 nitrogen and oxygen atoms in total. The fraction of sp³-hybridized carbons (Fsp3) is 0.333. The van der Waals surface area contributed by atoms with Crippen molar-refractivity contribution in [3.8, 4) is 0 Å². The first kappa shape index (κ1) is 10.3. The smallest absolute Gasteiger partial charge is 0.178 e. The molecule has 1 aliphatic rings. The van der Waals surface area contributed by atoms with Gasteiger partial charge < -0.3 is 0 Å². The fourth-order valence-corrected chi connectivity index (χ4v) is 2.04. The molecule has 0 spiro atoms. The van der Waals surface area contributed by atoms with Crippen molar-refractivity contribution in [3.05, 3.63) is 30.1 Å². The monoisotopic (exact) mass is 223 g/mol. The van der Waals surface area contributed by atoms with E-state index in [1.165, 1.54) is 0 Å². The Balaban J connectivity index is 2.13. The Morgan fingerprint density at radius 1 is 1.53 bits per heavy atom. The van der Waals surface area contributed by atoms with E-state index in [0.717, 1.165) is 17.2 Å². The van der Waals surface area contributed by atoms with E-state index in [0.29, 0.717) is 0 Å². The number of nitrogens with one attached hydrogen (secondary N) is 1. The van der Waals surface area contributed by atoms with Crippen molar-refractivity contribution in [3.63, 3.8) is 0 Å². The summed E-state index contributed by atoms with van der Waals surface area (Å²) in [7, 11) is 0. The standard InChI is InChI=1S/C9H13N5S/c1-2-15-9-13-12-8(14(9)10)7-3-5-11-6-4-7/h3-6,9,13H,2,10H2,1H3. The van der Waals surface area contributed by atoms with Gasteiger partial charge in [0.25, 0.3) is 0 Å². The minimum absolute atomic E-state index is 0.0261. The summed E-state index contributed by atoms with van der Waals surface area (Å²) in [5.74, 6) is 7.68. The molecule has 1 aliphatic heterocycles. The molecule has 80 valence electrons. The van der Waals surface area contributed by atoms with Gasteiger partial charge in [-0.1, -0.05) is 6.92 Å². The van der Waals surface area contributed by atoms with Crippen molar-refractivity contribution in [1.82, 2.24) is 15.4 Å².